The third-order valence-electron chi connectivity index (χ3n) is 3.63. The van der Waals surface area contributed by atoms with Gasteiger partial charge >= 0.3 is 5.97 Å². The molecule has 1 atom stereocenters. The van der Waals surface area contributed by atoms with E-state index in [0.717, 1.165) is 6.07 Å². The Labute approximate surface area is 154 Å². The van der Waals surface area contributed by atoms with E-state index < -0.39 is 28.8 Å². The topological polar surface area (TPSA) is 128 Å². The van der Waals surface area contributed by atoms with Crippen molar-refractivity contribution in [2.75, 3.05) is 0 Å². The highest BCUT2D eigenvalue weighted by Gasteiger charge is 2.21. The minimum absolute atomic E-state index is 0.0553. The monoisotopic (exact) mass is 371 g/mol. The lowest BCUT2D eigenvalue weighted by Gasteiger charge is -2.14. The summed E-state index contributed by atoms with van der Waals surface area (Å²) in [5.74, 6) is -2.18. The van der Waals surface area contributed by atoms with Gasteiger partial charge in [0.25, 0.3) is 17.5 Å². The molecule has 0 fully saturated rings. The summed E-state index contributed by atoms with van der Waals surface area (Å²) in [6.07, 6.45) is -1.23. The van der Waals surface area contributed by atoms with Gasteiger partial charge in [0.1, 0.15) is 0 Å². The van der Waals surface area contributed by atoms with E-state index in [1.807, 2.05) is 0 Å². The minimum atomic E-state index is -1.23. The van der Waals surface area contributed by atoms with Crippen LogP contribution >= 0.6 is 0 Å². The van der Waals surface area contributed by atoms with Crippen LogP contribution in [0.25, 0.3) is 0 Å². The molecule has 0 spiro atoms. The number of amides is 2. The highest BCUT2D eigenvalue weighted by atomic mass is 16.6. The Morgan fingerprint density at radius 2 is 1.70 bits per heavy atom. The van der Waals surface area contributed by atoms with Gasteiger partial charge in [0.15, 0.2) is 6.10 Å². The lowest BCUT2D eigenvalue weighted by Crippen LogP contribution is -2.46. The van der Waals surface area contributed by atoms with Gasteiger partial charge in [-0.15, -0.1) is 0 Å². The predicted molar refractivity (Wildman–Crippen MR) is 94.8 cm³/mol. The molecule has 2 aromatic carbocycles. The van der Waals surface area contributed by atoms with Gasteiger partial charge in [-0.05, 0) is 32.0 Å². The van der Waals surface area contributed by atoms with Gasteiger partial charge in [0, 0.05) is 17.2 Å². The SMILES string of the molecule is Cc1ccc(C(=O)O[C@H](C)C(=O)NNC(=O)c2ccccc2)cc1[N+](=O)[O-]. The number of hydrazine groups is 1. The van der Waals surface area contributed by atoms with Crippen LogP contribution < -0.4 is 10.9 Å². The fourth-order valence-electron chi connectivity index (χ4n) is 2.10. The molecule has 2 rings (SSSR count). The number of nitro groups is 1. The van der Waals surface area contributed by atoms with E-state index in [0.29, 0.717) is 11.1 Å². The smallest absolute Gasteiger partial charge is 0.339 e. The second kappa shape index (κ2) is 8.56. The first-order chi connectivity index (χ1) is 12.8. The maximum Gasteiger partial charge on any atom is 0.339 e. The molecule has 0 bridgehead atoms. The number of nitrogens with one attached hydrogen (secondary N) is 2. The summed E-state index contributed by atoms with van der Waals surface area (Å²) >= 11 is 0. The third-order valence-corrected chi connectivity index (χ3v) is 3.63. The van der Waals surface area contributed by atoms with Crippen molar-refractivity contribution >= 4 is 23.5 Å². The minimum Gasteiger partial charge on any atom is -0.449 e. The molecular formula is C18H17N3O6. The largest absolute Gasteiger partial charge is 0.449 e. The Morgan fingerprint density at radius 1 is 1.04 bits per heavy atom. The number of benzene rings is 2. The fourth-order valence-corrected chi connectivity index (χ4v) is 2.10. The van der Waals surface area contributed by atoms with Gasteiger partial charge in [0.2, 0.25) is 0 Å². The molecule has 0 saturated heterocycles. The van der Waals surface area contributed by atoms with Crippen LogP contribution in [0.3, 0.4) is 0 Å². The molecule has 0 unspecified atom stereocenters. The van der Waals surface area contributed by atoms with Crippen LogP contribution in [0.2, 0.25) is 0 Å². The summed E-state index contributed by atoms with van der Waals surface area (Å²) in [6, 6.07) is 12.1. The highest BCUT2D eigenvalue weighted by Crippen LogP contribution is 2.20. The van der Waals surface area contributed by atoms with Crippen molar-refractivity contribution in [3.8, 4) is 0 Å². The lowest BCUT2D eigenvalue weighted by molar-refractivity contribution is -0.385. The number of aryl methyl sites for hydroxylation is 1. The summed E-state index contributed by atoms with van der Waals surface area (Å²) < 4.78 is 4.99. The number of esters is 1. The Kier molecular flexibility index (Phi) is 6.21. The number of rotatable bonds is 5. The van der Waals surface area contributed by atoms with Gasteiger partial charge in [0.05, 0.1) is 10.5 Å². The van der Waals surface area contributed by atoms with Gasteiger partial charge < -0.3 is 4.74 Å². The van der Waals surface area contributed by atoms with E-state index in [1.54, 1.807) is 37.3 Å². The zero-order valence-corrected chi connectivity index (χ0v) is 14.6. The molecule has 2 amide bonds. The molecule has 27 heavy (non-hydrogen) atoms. The number of nitro benzene ring substituents is 1. The van der Waals surface area contributed by atoms with E-state index in [1.165, 1.54) is 19.1 Å². The molecule has 0 aliphatic heterocycles. The molecule has 0 aromatic heterocycles. The lowest BCUT2D eigenvalue weighted by atomic mass is 10.1. The molecule has 0 radical (unpaired) electrons. The predicted octanol–water partition coefficient (Wildman–Crippen LogP) is 1.91. The summed E-state index contributed by atoms with van der Waals surface area (Å²) in [5, 5.41) is 10.9. The standard InChI is InChI=1S/C18H17N3O6/c1-11-8-9-14(10-15(11)21(25)26)18(24)27-12(2)16(22)19-20-17(23)13-6-4-3-5-7-13/h3-10,12H,1-2H3,(H,19,22)(H,20,23)/t12-/m1/s1. The second-order valence-corrected chi connectivity index (χ2v) is 5.62. The third kappa shape index (κ3) is 5.11. The first kappa shape index (κ1) is 19.6. The summed E-state index contributed by atoms with van der Waals surface area (Å²) in [4.78, 5) is 46.2. The molecule has 9 nitrogen and oxygen atoms in total. The van der Waals surface area contributed by atoms with Crippen molar-refractivity contribution in [1.29, 1.82) is 0 Å². The molecule has 9 heteroatoms. The summed E-state index contributed by atoms with van der Waals surface area (Å²) in [5.41, 5.74) is 4.81. The van der Waals surface area contributed by atoms with Crippen LogP contribution in [0.15, 0.2) is 48.5 Å². The Morgan fingerprint density at radius 3 is 2.33 bits per heavy atom. The zero-order valence-electron chi connectivity index (χ0n) is 14.6. The molecule has 0 heterocycles. The number of hydrogen-bond donors (Lipinski definition) is 2. The van der Waals surface area contributed by atoms with E-state index in [9.17, 15) is 24.5 Å². The van der Waals surface area contributed by atoms with Crippen LogP contribution in [-0.2, 0) is 9.53 Å². The molecule has 0 aliphatic rings. The van der Waals surface area contributed by atoms with E-state index in [4.69, 9.17) is 4.74 Å². The van der Waals surface area contributed by atoms with E-state index >= 15 is 0 Å². The Bertz CT molecular complexity index is 882. The quantitative estimate of drug-likeness (QED) is 0.469. The van der Waals surface area contributed by atoms with E-state index in [2.05, 4.69) is 10.9 Å². The van der Waals surface area contributed by atoms with Crippen molar-refractivity contribution < 1.29 is 24.0 Å². The van der Waals surface area contributed by atoms with Gasteiger partial charge in [-0.3, -0.25) is 30.6 Å². The summed E-state index contributed by atoms with van der Waals surface area (Å²) in [7, 11) is 0. The van der Waals surface area contributed by atoms with Crippen molar-refractivity contribution in [2.24, 2.45) is 0 Å². The second-order valence-electron chi connectivity index (χ2n) is 5.62. The molecule has 0 saturated carbocycles. The molecule has 2 aromatic rings. The van der Waals surface area contributed by atoms with Crippen LogP contribution in [0, 0.1) is 17.0 Å². The maximum atomic E-state index is 12.1. The van der Waals surface area contributed by atoms with Gasteiger partial charge in [-0.25, -0.2) is 4.79 Å². The molecular weight excluding hydrogens is 354 g/mol. The van der Waals surface area contributed by atoms with Crippen molar-refractivity contribution in [2.45, 2.75) is 20.0 Å². The van der Waals surface area contributed by atoms with Gasteiger partial charge in [-0.1, -0.05) is 24.3 Å². The normalized spacial score (nSPS) is 11.2. The zero-order chi connectivity index (χ0) is 20.0. The van der Waals surface area contributed by atoms with Crippen LogP contribution in [0.5, 0.6) is 0 Å². The average Bonchev–Trinajstić information content (AvgIpc) is 2.66. The van der Waals surface area contributed by atoms with Crippen molar-refractivity contribution in [1.82, 2.24) is 10.9 Å². The number of nitrogens with zero attached hydrogens (tertiary/aromatic N) is 1. The molecule has 2 N–H and O–H groups in total. The van der Waals surface area contributed by atoms with Crippen LogP contribution in [0.4, 0.5) is 5.69 Å². The summed E-state index contributed by atoms with van der Waals surface area (Å²) in [6.45, 7) is 2.85. The Hall–Kier alpha value is -3.75. The van der Waals surface area contributed by atoms with E-state index in [-0.39, 0.29) is 11.3 Å². The number of carbonyl (C=O) groups is 3. The Balaban J connectivity index is 1.94. The number of hydrogen-bond acceptors (Lipinski definition) is 6. The first-order valence-corrected chi connectivity index (χ1v) is 7.91. The number of ether oxygens (including phenoxy) is 1. The molecule has 0 aliphatic carbocycles. The maximum absolute atomic E-state index is 12.1. The average molecular weight is 371 g/mol. The highest BCUT2D eigenvalue weighted by molar-refractivity contribution is 5.96. The van der Waals surface area contributed by atoms with Gasteiger partial charge in [-0.2, -0.15) is 0 Å². The van der Waals surface area contributed by atoms with Crippen molar-refractivity contribution in [3.63, 3.8) is 0 Å². The van der Waals surface area contributed by atoms with Crippen LogP contribution in [0.1, 0.15) is 33.2 Å². The fraction of sp³-hybridized carbons (Fsp3) is 0.167. The number of carbonyl (C=O) groups excluding carboxylic acids is 3. The first-order valence-electron chi connectivity index (χ1n) is 7.91. The van der Waals surface area contributed by atoms with Crippen LogP contribution in [-0.4, -0.2) is 28.8 Å². The molecule has 140 valence electrons. The van der Waals surface area contributed by atoms with Crippen molar-refractivity contribution in [3.05, 3.63) is 75.3 Å².